The Bertz CT molecular complexity index is 765. The van der Waals surface area contributed by atoms with Crippen LogP contribution in [-0.4, -0.2) is 53.5 Å². The van der Waals surface area contributed by atoms with E-state index in [-0.39, 0.29) is 35.9 Å². The van der Waals surface area contributed by atoms with Gasteiger partial charge in [0.25, 0.3) is 0 Å². The molecular weight excluding hydrogens is 402 g/mol. The lowest BCUT2D eigenvalue weighted by molar-refractivity contribution is -0.147. The second-order valence-electron chi connectivity index (χ2n) is 7.79. The van der Waals surface area contributed by atoms with E-state index in [9.17, 15) is 14.4 Å². The Kier molecular flexibility index (Phi) is 8.19. The van der Waals surface area contributed by atoms with Gasteiger partial charge in [0.2, 0.25) is 11.8 Å². The molecule has 1 unspecified atom stereocenters. The summed E-state index contributed by atoms with van der Waals surface area (Å²) in [6.07, 6.45) is 5.50. The highest BCUT2D eigenvalue weighted by Crippen LogP contribution is 2.23. The monoisotopic (exact) mass is 431 g/mol. The Morgan fingerprint density at radius 3 is 2.63 bits per heavy atom. The van der Waals surface area contributed by atoms with Crippen LogP contribution in [0, 0.1) is 5.92 Å². The van der Waals surface area contributed by atoms with Crippen LogP contribution < -0.4 is 10.6 Å². The number of nitrogens with zero attached hydrogens (tertiary/aromatic N) is 1. The molecule has 8 heteroatoms. The molecule has 1 atom stereocenters. The maximum absolute atomic E-state index is 12.5. The summed E-state index contributed by atoms with van der Waals surface area (Å²) in [7, 11) is 0. The second-order valence-corrected chi connectivity index (χ2v) is 8.18. The molecule has 162 valence electrons. The van der Waals surface area contributed by atoms with Crippen LogP contribution >= 0.6 is 12.2 Å². The molecule has 2 amide bonds. The quantitative estimate of drug-likeness (QED) is 0.529. The first-order chi connectivity index (χ1) is 14.5. The van der Waals surface area contributed by atoms with Gasteiger partial charge in [-0.05, 0) is 30.6 Å². The van der Waals surface area contributed by atoms with Crippen molar-refractivity contribution in [3.05, 3.63) is 35.9 Å². The Labute approximate surface area is 182 Å². The van der Waals surface area contributed by atoms with Crippen LogP contribution in [0.2, 0.25) is 0 Å². The zero-order valence-corrected chi connectivity index (χ0v) is 17.9. The van der Waals surface area contributed by atoms with Crippen LogP contribution in [0.1, 0.15) is 44.1 Å². The highest BCUT2D eigenvalue weighted by atomic mass is 32.1. The van der Waals surface area contributed by atoms with Crippen LogP contribution in [-0.2, 0) is 25.5 Å². The fourth-order valence-corrected chi connectivity index (χ4v) is 4.27. The zero-order chi connectivity index (χ0) is 21.3. The predicted molar refractivity (Wildman–Crippen MR) is 117 cm³/mol. The molecule has 2 aliphatic rings. The predicted octanol–water partition coefficient (Wildman–Crippen LogP) is 1.94. The van der Waals surface area contributed by atoms with Crippen LogP contribution in [0.5, 0.6) is 0 Å². The Balaban J connectivity index is 1.51. The molecule has 7 nitrogen and oxygen atoms in total. The number of piperazine rings is 1. The summed E-state index contributed by atoms with van der Waals surface area (Å²) in [6.45, 7) is 1.11. The molecule has 2 N–H and O–H groups in total. The number of esters is 1. The smallest absolute Gasteiger partial charge is 0.308 e. The summed E-state index contributed by atoms with van der Waals surface area (Å²) in [5.74, 6) is -0.860. The first-order valence-corrected chi connectivity index (χ1v) is 11.0. The molecule has 1 heterocycles. The number of hydrogen-bond acceptors (Lipinski definition) is 5. The largest absolute Gasteiger partial charge is 0.465 e. The van der Waals surface area contributed by atoms with Crippen molar-refractivity contribution in [2.75, 3.05) is 19.7 Å². The number of rotatable bonds is 6. The first kappa shape index (κ1) is 22.2. The number of ether oxygens (including phenoxy) is 1. The lowest BCUT2D eigenvalue weighted by Crippen LogP contribution is -2.60. The molecule has 1 aliphatic heterocycles. The minimum absolute atomic E-state index is 0.0308. The van der Waals surface area contributed by atoms with Crippen molar-refractivity contribution in [2.24, 2.45) is 5.92 Å². The topological polar surface area (TPSA) is 87.7 Å². The Morgan fingerprint density at radius 1 is 1.17 bits per heavy atom. The number of hydrogen-bond donors (Lipinski definition) is 2. The number of thiocarbonyl (C=S) groups is 1. The van der Waals surface area contributed by atoms with E-state index >= 15 is 0 Å². The molecule has 30 heavy (non-hydrogen) atoms. The van der Waals surface area contributed by atoms with Crippen molar-refractivity contribution in [2.45, 2.75) is 51.0 Å². The normalized spacial score (nSPS) is 19.7. The van der Waals surface area contributed by atoms with Crippen molar-refractivity contribution in [1.29, 1.82) is 0 Å². The number of benzene rings is 1. The average molecular weight is 432 g/mol. The van der Waals surface area contributed by atoms with Gasteiger partial charge < -0.3 is 20.3 Å². The molecule has 0 spiro atoms. The van der Waals surface area contributed by atoms with Crippen molar-refractivity contribution in [3.63, 3.8) is 0 Å². The minimum atomic E-state index is -0.776. The van der Waals surface area contributed by atoms with Crippen LogP contribution in [0.25, 0.3) is 0 Å². The number of amides is 2. The molecule has 0 bridgehead atoms. The van der Waals surface area contributed by atoms with Gasteiger partial charge in [0.05, 0.1) is 13.0 Å². The second kappa shape index (κ2) is 11.1. The van der Waals surface area contributed by atoms with Gasteiger partial charge in [-0.3, -0.25) is 14.4 Å². The Hall–Kier alpha value is -2.48. The highest BCUT2D eigenvalue weighted by Gasteiger charge is 2.34. The van der Waals surface area contributed by atoms with Crippen molar-refractivity contribution in [3.8, 4) is 0 Å². The van der Waals surface area contributed by atoms with E-state index in [1.807, 2.05) is 30.3 Å². The van der Waals surface area contributed by atoms with Crippen LogP contribution in [0.15, 0.2) is 30.3 Å². The van der Waals surface area contributed by atoms with Gasteiger partial charge in [-0.1, -0.05) is 49.6 Å². The van der Waals surface area contributed by atoms with Crippen molar-refractivity contribution >= 4 is 35.1 Å². The van der Waals surface area contributed by atoms with E-state index in [4.69, 9.17) is 17.0 Å². The van der Waals surface area contributed by atoms with Gasteiger partial charge >= 0.3 is 5.97 Å². The van der Waals surface area contributed by atoms with Gasteiger partial charge in [-0.25, -0.2) is 0 Å². The molecule has 1 saturated carbocycles. The molecule has 1 saturated heterocycles. The molecule has 1 aromatic carbocycles. The lowest BCUT2D eigenvalue weighted by Gasteiger charge is -2.36. The van der Waals surface area contributed by atoms with Crippen LogP contribution in [0.3, 0.4) is 0 Å². The molecule has 1 aromatic rings. The van der Waals surface area contributed by atoms with E-state index in [1.165, 1.54) is 0 Å². The van der Waals surface area contributed by atoms with E-state index in [2.05, 4.69) is 10.6 Å². The molecule has 0 radical (unpaired) electrons. The summed E-state index contributed by atoms with van der Waals surface area (Å²) in [6, 6.07) is 8.97. The van der Waals surface area contributed by atoms with Gasteiger partial charge in [-0.2, -0.15) is 0 Å². The molecule has 2 fully saturated rings. The summed E-state index contributed by atoms with van der Waals surface area (Å²) in [4.78, 5) is 38.9. The number of carbonyl (C=O) groups is 3. The molecule has 1 aliphatic carbocycles. The summed E-state index contributed by atoms with van der Waals surface area (Å²) in [5, 5.41) is 5.77. The van der Waals surface area contributed by atoms with E-state index in [0.29, 0.717) is 19.5 Å². The fraction of sp³-hybridized carbons (Fsp3) is 0.545. The van der Waals surface area contributed by atoms with Gasteiger partial charge in [0.15, 0.2) is 5.11 Å². The van der Waals surface area contributed by atoms with E-state index < -0.39 is 12.0 Å². The summed E-state index contributed by atoms with van der Waals surface area (Å²) < 4.78 is 5.33. The van der Waals surface area contributed by atoms with E-state index in [1.54, 1.807) is 4.90 Å². The number of nitrogens with one attached hydrogen (secondary N) is 2. The fourth-order valence-electron chi connectivity index (χ4n) is 3.95. The molecular formula is C22H29N3O4S. The standard InChI is InChI=1S/C22H29N3O4S/c26-19(29-14-11-16-7-3-1-4-8-16)15-18-21(28)23-12-13-25(18)22(30)24-20(27)17-9-5-2-6-10-17/h1,3-4,7-8,17-18H,2,5-6,9-15H2,(H,23,28)(H,24,27,30). The maximum Gasteiger partial charge on any atom is 0.308 e. The SMILES string of the molecule is O=C(CC1C(=O)NCCN1C(=S)NC(=O)C1CCCCC1)OCCc1ccccc1. The zero-order valence-electron chi connectivity index (χ0n) is 17.1. The maximum atomic E-state index is 12.5. The van der Waals surface area contributed by atoms with Crippen molar-refractivity contribution < 1.29 is 19.1 Å². The molecule has 0 aromatic heterocycles. The third-order valence-corrected chi connectivity index (χ3v) is 5.99. The van der Waals surface area contributed by atoms with Gasteiger partial charge in [0.1, 0.15) is 6.04 Å². The van der Waals surface area contributed by atoms with E-state index in [0.717, 1.165) is 37.7 Å². The van der Waals surface area contributed by atoms with Gasteiger partial charge in [-0.15, -0.1) is 0 Å². The third-order valence-electron chi connectivity index (χ3n) is 5.65. The molecule has 3 rings (SSSR count). The minimum Gasteiger partial charge on any atom is -0.465 e. The van der Waals surface area contributed by atoms with Crippen molar-refractivity contribution in [1.82, 2.24) is 15.5 Å². The third kappa shape index (κ3) is 6.26. The average Bonchev–Trinajstić information content (AvgIpc) is 2.76. The highest BCUT2D eigenvalue weighted by molar-refractivity contribution is 7.80. The summed E-state index contributed by atoms with van der Waals surface area (Å²) in [5.41, 5.74) is 1.08. The number of carbonyl (C=O) groups excluding carboxylic acids is 3. The summed E-state index contributed by atoms with van der Waals surface area (Å²) >= 11 is 5.42. The van der Waals surface area contributed by atoms with Gasteiger partial charge in [0, 0.05) is 25.4 Å². The lowest BCUT2D eigenvalue weighted by atomic mass is 9.89. The van der Waals surface area contributed by atoms with Crippen LogP contribution in [0.4, 0.5) is 0 Å². The Morgan fingerprint density at radius 2 is 1.90 bits per heavy atom. The first-order valence-electron chi connectivity index (χ1n) is 10.6.